The van der Waals surface area contributed by atoms with Crippen molar-refractivity contribution in [2.45, 2.75) is 39.3 Å². The van der Waals surface area contributed by atoms with Crippen LogP contribution in [0.1, 0.15) is 35.8 Å². The second kappa shape index (κ2) is 6.83. The highest BCUT2D eigenvalue weighted by Gasteiger charge is 2.22. The summed E-state index contributed by atoms with van der Waals surface area (Å²) >= 11 is 1.65. The highest BCUT2D eigenvalue weighted by atomic mass is 32.1. The number of nitrogens with one attached hydrogen (secondary N) is 1. The molecule has 0 aliphatic heterocycles. The number of nitrogens with zero attached hydrogens (tertiary/aromatic N) is 3. The van der Waals surface area contributed by atoms with Gasteiger partial charge in [-0.1, -0.05) is 6.92 Å². The normalized spacial score (nSPS) is 12.6. The molecule has 6 nitrogen and oxygen atoms in total. The van der Waals surface area contributed by atoms with E-state index < -0.39 is 0 Å². The summed E-state index contributed by atoms with van der Waals surface area (Å²) in [5.74, 6) is 6.49. The topological polar surface area (TPSA) is 78.0 Å². The Morgan fingerprint density at radius 1 is 1.55 bits per heavy atom. The van der Waals surface area contributed by atoms with E-state index in [1.54, 1.807) is 24.6 Å². The van der Waals surface area contributed by atoms with Crippen LogP contribution in [0.25, 0.3) is 0 Å². The standard InChI is InChI=1S/C13H21N5OS/c1-4-5-18-13(12(19-3)7-15-18)11(17-14)6-10-8-20-9(2)16-10/h7-8,11,17H,4-6,14H2,1-3H3. The van der Waals surface area contributed by atoms with E-state index in [0.29, 0.717) is 6.42 Å². The number of hydrazine groups is 1. The molecule has 0 aliphatic carbocycles. The molecule has 2 heterocycles. The SMILES string of the molecule is CCCn1ncc(OC)c1C(Cc1csc(C)n1)NN. The van der Waals surface area contributed by atoms with E-state index in [2.05, 4.69) is 27.8 Å². The summed E-state index contributed by atoms with van der Waals surface area (Å²) in [7, 11) is 1.65. The van der Waals surface area contributed by atoms with Crippen LogP contribution in [0.5, 0.6) is 5.75 Å². The fraction of sp³-hybridized carbons (Fsp3) is 0.538. The first-order chi connectivity index (χ1) is 9.69. The number of rotatable bonds is 7. The van der Waals surface area contributed by atoms with Gasteiger partial charge in [0, 0.05) is 18.3 Å². The van der Waals surface area contributed by atoms with Crippen LogP contribution in [0.15, 0.2) is 11.6 Å². The highest BCUT2D eigenvalue weighted by molar-refractivity contribution is 7.09. The maximum atomic E-state index is 5.74. The van der Waals surface area contributed by atoms with Gasteiger partial charge in [0.25, 0.3) is 0 Å². The lowest BCUT2D eigenvalue weighted by atomic mass is 10.1. The zero-order valence-corrected chi connectivity index (χ0v) is 12.9. The average molecular weight is 295 g/mol. The van der Waals surface area contributed by atoms with E-state index in [9.17, 15) is 0 Å². The molecule has 2 rings (SSSR count). The van der Waals surface area contributed by atoms with Crippen molar-refractivity contribution in [2.24, 2.45) is 5.84 Å². The minimum atomic E-state index is -0.0690. The molecule has 0 saturated heterocycles. The minimum absolute atomic E-state index is 0.0690. The summed E-state index contributed by atoms with van der Waals surface area (Å²) in [5.41, 5.74) is 4.86. The maximum absolute atomic E-state index is 5.74. The smallest absolute Gasteiger partial charge is 0.161 e. The first-order valence-corrected chi connectivity index (χ1v) is 7.54. The van der Waals surface area contributed by atoms with Crippen LogP contribution < -0.4 is 16.0 Å². The zero-order chi connectivity index (χ0) is 14.5. The third-order valence-electron chi connectivity index (χ3n) is 3.11. The number of aryl methyl sites for hydroxylation is 2. The Hall–Kier alpha value is -1.44. The van der Waals surface area contributed by atoms with Crippen LogP contribution in [-0.2, 0) is 13.0 Å². The van der Waals surface area contributed by atoms with E-state index in [-0.39, 0.29) is 6.04 Å². The monoisotopic (exact) mass is 295 g/mol. The van der Waals surface area contributed by atoms with Crippen molar-refractivity contribution in [1.82, 2.24) is 20.2 Å². The molecule has 2 aromatic rings. The van der Waals surface area contributed by atoms with Gasteiger partial charge in [-0.3, -0.25) is 16.0 Å². The number of nitrogens with two attached hydrogens (primary N) is 1. The van der Waals surface area contributed by atoms with Crippen molar-refractivity contribution in [3.05, 3.63) is 28.0 Å². The minimum Gasteiger partial charge on any atom is -0.493 e. The van der Waals surface area contributed by atoms with Gasteiger partial charge >= 0.3 is 0 Å². The van der Waals surface area contributed by atoms with Gasteiger partial charge in [0.1, 0.15) is 0 Å². The largest absolute Gasteiger partial charge is 0.493 e. The fourth-order valence-corrected chi connectivity index (χ4v) is 2.85. The van der Waals surface area contributed by atoms with E-state index in [1.165, 1.54) is 0 Å². The van der Waals surface area contributed by atoms with Crippen LogP contribution >= 0.6 is 11.3 Å². The number of ether oxygens (including phenoxy) is 1. The molecule has 3 N–H and O–H groups in total. The van der Waals surface area contributed by atoms with E-state index >= 15 is 0 Å². The summed E-state index contributed by atoms with van der Waals surface area (Å²) in [6.45, 7) is 4.96. The van der Waals surface area contributed by atoms with Crippen molar-refractivity contribution < 1.29 is 4.74 Å². The van der Waals surface area contributed by atoms with Gasteiger partial charge in [-0.25, -0.2) is 4.98 Å². The molecule has 0 spiro atoms. The lowest BCUT2D eigenvalue weighted by molar-refractivity contribution is 0.389. The van der Waals surface area contributed by atoms with Crippen molar-refractivity contribution in [2.75, 3.05) is 7.11 Å². The number of methoxy groups -OCH3 is 1. The van der Waals surface area contributed by atoms with E-state index in [1.807, 2.05) is 11.6 Å². The third kappa shape index (κ3) is 3.17. The summed E-state index contributed by atoms with van der Waals surface area (Å²) in [6, 6.07) is -0.0690. The fourth-order valence-electron chi connectivity index (χ4n) is 2.22. The molecule has 1 atom stereocenters. The van der Waals surface area contributed by atoms with Crippen LogP contribution in [0.4, 0.5) is 0 Å². The first kappa shape index (κ1) is 15.0. The van der Waals surface area contributed by atoms with Crippen LogP contribution in [0.2, 0.25) is 0 Å². The Morgan fingerprint density at radius 3 is 2.90 bits per heavy atom. The van der Waals surface area contributed by atoms with E-state index in [4.69, 9.17) is 10.6 Å². The van der Waals surface area contributed by atoms with Crippen molar-refractivity contribution >= 4 is 11.3 Å². The molecular formula is C13H21N5OS. The van der Waals surface area contributed by atoms with Crippen LogP contribution in [0, 0.1) is 6.92 Å². The predicted octanol–water partition coefficient (Wildman–Crippen LogP) is 1.81. The molecule has 1 unspecified atom stereocenters. The highest BCUT2D eigenvalue weighted by Crippen LogP contribution is 2.27. The molecule has 0 fully saturated rings. The Morgan fingerprint density at radius 2 is 2.35 bits per heavy atom. The lowest BCUT2D eigenvalue weighted by Gasteiger charge is -2.18. The quantitative estimate of drug-likeness (QED) is 0.602. The second-order valence-corrected chi connectivity index (χ2v) is 5.66. The lowest BCUT2D eigenvalue weighted by Crippen LogP contribution is -2.32. The molecule has 7 heteroatoms. The van der Waals surface area contributed by atoms with Gasteiger partial charge in [-0.05, 0) is 13.3 Å². The van der Waals surface area contributed by atoms with Crippen molar-refractivity contribution in [3.63, 3.8) is 0 Å². The van der Waals surface area contributed by atoms with E-state index in [0.717, 1.165) is 35.1 Å². The third-order valence-corrected chi connectivity index (χ3v) is 3.93. The Balaban J connectivity index is 2.27. The van der Waals surface area contributed by atoms with Gasteiger partial charge in [0.15, 0.2) is 5.75 Å². The summed E-state index contributed by atoms with van der Waals surface area (Å²) in [4.78, 5) is 4.49. The molecular weight excluding hydrogens is 274 g/mol. The van der Waals surface area contributed by atoms with Crippen LogP contribution in [0.3, 0.4) is 0 Å². The molecule has 0 amide bonds. The number of hydrogen-bond acceptors (Lipinski definition) is 6. The first-order valence-electron chi connectivity index (χ1n) is 6.66. The zero-order valence-electron chi connectivity index (χ0n) is 12.1. The molecule has 0 aromatic carbocycles. The molecule has 0 radical (unpaired) electrons. The van der Waals surface area contributed by atoms with Gasteiger partial charge in [0.05, 0.1) is 35.7 Å². The Labute approximate surface area is 122 Å². The molecule has 20 heavy (non-hydrogen) atoms. The Kier molecular flexibility index (Phi) is 5.11. The number of hydrogen-bond donors (Lipinski definition) is 2. The predicted molar refractivity (Wildman–Crippen MR) is 79.7 cm³/mol. The number of aromatic nitrogens is 3. The average Bonchev–Trinajstić information content (AvgIpc) is 3.03. The van der Waals surface area contributed by atoms with Gasteiger partial charge < -0.3 is 4.74 Å². The molecule has 110 valence electrons. The van der Waals surface area contributed by atoms with Crippen LogP contribution in [-0.4, -0.2) is 21.9 Å². The molecule has 0 bridgehead atoms. The summed E-state index contributed by atoms with van der Waals surface area (Å²) in [5, 5.41) is 7.49. The summed E-state index contributed by atoms with van der Waals surface area (Å²) in [6.07, 6.45) is 3.46. The molecule has 2 aromatic heterocycles. The Bertz CT molecular complexity index is 551. The van der Waals surface area contributed by atoms with Crippen molar-refractivity contribution in [1.29, 1.82) is 0 Å². The van der Waals surface area contributed by atoms with Crippen molar-refractivity contribution in [3.8, 4) is 5.75 Å². The molecule has 0 aliphatic rings. The number of thiazole rings is 1. The molecule has 0 saturated carbocycles. The van der Waals surface area contributed by atoms with Gasteiger partial charge in [0.2, 0.25) is 0 Å². The van der Waals surface area contributed by atoms with Gasteiger partial charge in [-0.15, -0.1) is 11.3 Å². The second-order valence-electron chi connectivity index (χ2n) is 4.60. The van der Waals surface area contributed by atoms with Gasteiger partial charge in [-0.2, -0.15) is 5.10 Å². The summed E-state index contributed by atoms with van der Waals surface area (Å²) < 4.78 is 7.35. The maximum Gasteiger partial charge on any atom is 0.161 e.